The number of hydroxylamine groups is 1. The molecule has 1 aliphatic rings. The van der Waals surface area contributed by atoms with Crippen LogP contribution in [0.25, 0.3) is 0 Å². The van der Waals surface area contributed by atoms with Gasteiger partial charge in [-0.25, -0.2) is 0 Å². The second-order valence-electron chi connectivity index (χ2n) is 2.23. The van der Waals surface area contributed by atoms with Gasteiger partial charge in [-0.05, 0) is 27.7 Å². The highest BCUT2D eigenvalue weighted by Crippen LogP contribution is 2.38. The molecule has 0 saturated heterocycles. The van der Waals surface area contributed by atoms with Gasteiger partial charge in [-0.3, -0.25) is 5.21 Å². The van der Waals surface area contributed by atoms with Crippen molar-refractivity contribution in [2.24, 2.45) is 0 Å². The van der Waals surface area contributed by atoms with Crippen LogP contribution in [-0.4, -0.2) is 34.9 Å². The lowest BCUT2D eigenvalue weighted by Crippen LogP contribution is -2.00. The quantitative estimate of drug-likeness (QED) is 0.233. The van der Waals surface area contributed by atoms with Crippen LogP contribution in [0.5, 0.6) is 0 Å². The third kappa shape index (κ3) is 2.92. The van der Waals surface area contributed by atoms with E-state index < -0.39 is 0 Å². The highest BCUT2D eigenvalue weighted by molar-refractivity contribution is 8.79. The third-order valence-electron chi connectivity index (χ3n) is 1.15. The average molecular weight is 204 g/mol. The second kappa shape index (κ2) is 4.59. The fraction of sp³-hybridized carbons (Fsp3) is 0.286. The van der Waals surface area contributed by atoms with Crippen molar-refractivity contribution in [2.75, 3.05) is 13.7 Å². The Balaban J connectivity index is 2.66. The lowest BCUT2D eigenvalue weighted by atomic mass is 10.4. The summed E-state index contributed by atoms with van der Waals surface area (Å²) in [7, 11) is 4.57. The number of aliphatic hydroxyl groups is 1. The number of aliphatic hydroxyl groups excluding tert-OH is 1. The van der Waals surface area contributed by atoms with Gasteiger partial charge in [0.1, 0.15) is 0 Å². The minimum atomic E-state index is 0.0798. The summed E-state index contributed by atoms with van der Waals surface area (Å²) in [5, 5.41) is 17.6. The predicted molar refractivity (Wildman–Crippen MR) is 52.5 cm³/mol. The standard InChI is InChI=1S/C7H10NO2S2/c1-8(10)4-6-2-3-7(5-9)12-11-6/h2-4,9-10H,5H2,1H3/q+1. The van der Waals surface area contributed by atoms with Crippen LogP contribution in [0.2, 0.25) is 0 Å². The SMILES string of the molecule is C[N+](O)=CC1=CC=C(CO)SS1. The molecular weight excluding hydrogens is 194 g/mol. The molecule has 0 saturated carbocycles. The minimum Gasteiger partial charge on any atom is -0.391 e. The van der Waals surface area contributed by atoms with Crippen LogP contribution in [0.3, 0.4) is 0 Å². The van der Waals surface area contributed by atoms with Crippen LogP contribution in [-0.2, 0) is 0 Å². The Morgan fingerprint density at radius 3 is 2.67 bits per heavy atom. The maximum atomic E-state index is 8.87. The molecule has 0 bridgehead atoms. The van der Waals surface area contributed by atoms with Gasteiger partial charge >= 0.3 is 0 Å². The topological polar surface area (TPSA) is 43.5 Å². The molecule has 3 nitrogen and oxygen atoms in total. The van der Waals surface area contributed by atoms with E-state index in [1.807, 2.05) is 12.2 Å². The van der Waals surface area contributed by atoms with Crippen LogP contribution in [0.4, 0.5) is 0 Å². The van der Waals surface area contributed by atoms with Gasteiger partial charge in [-0.1, -0.05) is 10.8 Å². The Kier molecular flexibility index (Phi) is 3.71. The lowest BCUT2D eigenvalue weighted by molar-refractivity contribution is -0.750. The number of nitrogens with zero attached hydrogens (tertiary/aromatic N) is 1. The van der Waals surface area contributed by atoms with Crippen molar-refractivity contribution in [1.29, 1.82) is 0 Å². The van der Waals surface area contributed by atoms with Crippen LogP contribution in [0, 0.1) is 0 Å². The van der Waals surface area contributed by atoms with E-state index in [2.05, 4.69) is 0 Å². The molecule has 0 aliphatic carbocycles. The molecule has 1 heterocycles. The van der Waals surface area contributed by atoms with Crippen LogP contribution >= 0.6 is 21.6 Å². The van der Waals surface area contributed by atoms with Crippen molar-refractivity contribution in [3.8, 4) is 0 Å². The Morgan fingerprint density at radius 1 is 1.50 bits per heavy atom. The molecular formula is C7H10NO2S2+. The van der Waals surface area contributed by atoms with Crippen molar-refractivity contribution in [3.05, 3.63) is 22.0 Å². The fourth-order valence-electron chi connectivity index (χ4n) is 0.660. The van der Waals surface area contributed by atoms with E-state index in [0.717, 1.165) is 14.5 Å². The first-order valence-corrected chi connectivity index (χ1v) is 5.50. The van der Waals surface area contributed by atoms with E-state index >= 15 is 0 Å². The summed E-state index contributed by atoms with van der Waals surface area (Å²) in [5.41, 5.74) is 0. The number of hydrogen-bond acceptors (Lipinski definition) is 4. The van der Waals surface area contributed by atoms with E-state index in [4.69, 9.17) is 10.3 Å². The van der Waals surface area contributed by atoms with Crippen LogP contribution in [0.1, 0.15) is 0 Å². The molecule has 0 aromatic heterocycles. The first-order valence-electron chi connectivity index (χ1n) is 3.35. The average Bonchev–Trinajstić information content (AvgIpc) is 2.05. The molecule has 66 valence electrons. The van der Waals surface area contributed by atoms with E-state index in [-0.39, 0.29) is 6.61 Å². The molecule has 12 heavy (non-hydrogen) atoms. The summed E-state index contributed by atoms with van der Waals surface area (Å²) in [6.07, 6.45) is 5.32. The largest absolute Gasteiger partial charge is 0.391 e. The predicted octanol–water partition coefficient (Wildman–Crippen LogP) is 1.24. The second-order valence-corrected chi connectivity index (χ2v) is 4.56. The zero-order valence-electron chi connectivity index (χ0n) is 6.60. The number of hydrogen-bond donors (Lipinski definition) is 2. The highest BCUT2D eigenvalue weighted by atomic mass is 33.1. The van der Waals surface area contributed by atoms with Crippen molar-refractivity contribution in [2.45, 2.75) is 0 Å². The Morgan fingerprint density at radius 2 is 2.25 bits per heavy atom. The molecule has 2 N–H and O–H groups in total. The highest BCUT2D eigenvalue weighted by Gasteiger charge is 2.08. The van der Waals surface area contributed by atoms with E-state index in [0.29, 0.717) is 0 Å². The summed E-state index contributed by atoms with van der Waals surface area (Å²) < 4.78 is 1.01. The van der Waals surface area contributed by atoms with Gasteiger partial charge in [0, 0.05) is 4.91 Å². The number of rotatable bonds is 2. The van der Waals surface area contributed by atoms with E-state index in [1.54, 1.807) is 13.3 Å². The smallest absolute Gasteiger partial charge is 0.229 e. The summed E-state index contributed by atoms with van der Waals surface area (Å²) in [6, 6.07) is 0. The van der Waals surface area contributed by atoms with Gasteiger partial charge in [0.2, 0.25) is 6.21 Å². The van der Waals surface area contributed by atoms with Crippen molar-refractivity contribution in [3.63, 3.8) is 0 Å². The Bertz CT molecular complexity index is 254. The fourth-order valence-corrected chi connectivity index (χ4v) is 2.59. The van der Waals surface area contributed by atoms with Gasteiger partial charge in [0.15, 0.2) is 7.05 Å². The molecule has 0 fully saturated rings. The maximum Gasteiger partial charge on any atom is 0.229 e. The molecule has 1 aliphatic heterocycles. The molecule has 0 atom stereocenters. The Hall–Kier alpha value is -0.390. The molecule has 0 aromatic rings. The zero-order chi connectivity index (χ0) is 8.97. The number of allylic oxidation sites excluding steroid dienone is 3. The van der Waals surface area contributed by atoms with E-state index in [1.165, 1.54) is 21.6 Å². The molecule has 0 amide bonds. The van der Waals surface area contributed by atoms with Crippen molar-refractivity contribution < 1.29 is 15.1 Å². The van der Waals surface area contributed by atoms with Gasteiger partial charge in [0.05, 0.1) is 11.5 Å². The van der Waals surface area contributed by atoms with E-state index in [9.17, 15) is 0 Å². The molecule has 1 rings (SSSR count). The maximum absolute atomic E-state index is 8.87. The molecule has 0 spiro atoms. The first-order chi connectivity index (χ1) is 5.72. The van der Waals surface area contributed by atoms with Crippen LogP contribution < -0.4 is 0 Å². The van der Waals surface area contributed by atoms with Gasteiger partial charge in [0.25, 0.3) is 0 Å². The zero-order valence-corrected chi connectivity index (χ0v) is 8.23. The lowest BCUT2D eigenvalue weighted by Gasteiger charge is -2.05. The first kappa shape index (κ1) is 9.70. The third-order valence-corrected chi connectivity index (χ3v) is 3.61. The summed E-state index contributed by atoms with van der Waals surface area (Å²) in [5.74, 6) is 0. The summed E-state index contributed by atoms with van der Waals surface area (Å²) in [6.45, 7) is 0.0798. The monoisotopic (exact) mass is 204 g/mol. The normalized spacial score (nSPS) is 18.7. The van der Waals surface area contributed by atoms with Crippen molar-refractivity contribution in [1.82, 2.24) is 0 Å². The van der Waals surface area contributed by atoms with Gasteiger partial charge < -0.3 is 5.11 Å². The molecule has 0 aromatic carbocycles. The molecule has 0 radical (unpaired) electrons. The van der Waals surface area contributed by atoms with Gasteiger partial charge in [-0.15, -0.1) is 0 Å². The van der Waals surface area contributed by atoms with Gasteiger partial charge in [-0.2, -0.15) is 0 Å². The summed E-state index contributed by atoms with van der Waals surface area (Å²) in [4.78, 5) is 1.89. The summed E-state index contributed by atoms with van der Waals surface area (Å²) >= 11 is 0. The molecule has 5 heteroatoms. The van der Waals surface area contributed by atoms with Crippen molar-refractivity contribution >= 4 is 27.8 Å². The minimum absolute atomic E-state index is 0.0798. The molecule has 0 unspecified atom stereocenters. The van der Waals surface area contributed by atoms with Crippen LogP contribution in [0.15, 0.2) is 22.0 Å². The Labute approximate surface area is 78.8 Å².